The van der Waals surface area contributed by atoms with Gasteiger partial charge in [-0.25, -0.2) is 0 Å². The van der Waals surface area contributed by atoms with Gasteiger partial charge in [0.05, 0.1) is 11.8 Å². The summed E-state index contributed by atoms with van der Waals surface area (Å²) in [6, 6.07) is -0.0225. The minimum atomic E-state index is -0.202. The number of rotatable bonds is 9. The monoisotopic (exact) mass is 448 g/mol. The molecule has 3 atom stereocenters. The van der Waals surface area contributed by atoms with Gasteiger partial charge in [0.25, 0.3) is 0 Å². The maximum absolute atomic E-state index is 14.1. The molecule has 0 spiro atoms. The molecule has 3 unspecified atom stereocenters. The van der Waals surface area contributed by atoms with Crippen molar-refractivity contribution in [3.8, 4) is 0 Å². The SMILES string of the molecule is CCC(C)(CC)C(C)CC1C(=O)N(C2CC(C)(C)NC(C)(C)C2)C(=O)C1C(C)(CC)CC. The van der Waals surface area contributed by atoms with E-state index in [1.807, 2.05) is 0 Å². The van der Waals surface area contributed by atoms with Gasteiger partial charge in [0.1, 0.15) is 0 Å². The van der Waals surface area contributed by atoms with Crippen molar-refractivity contribution in [3.63, 3.8) is 0 Å². The highest BCUT2D eigenvalue weighted by Gasteiger charge is 2.57. The second-order valence-corrected chi connectivity index (χ2v) is 12.9. The predicted octanol–water partition coefficient (Wildman–Crippen LogP) is 6.58. The number of likely N-dealkylation sites (tertiary alicyclic amines) is 1. The second kappa shape index (κ2) is 9.39. The third kappa shape index (κ3) is 5.10. The molecule has 0 aliphatic carbocycles. The molecule has 2 heterocycles. The zero-order chi connectivity index (χ0) is 24.7. The van der Waals surface area contributed by atoms with E-state index in [0.717, 1.165) is 44.9 Å². The van der Waals surface area contributed by atoms with Gasteiger partial charge in [0, 0.05) is 17.1 Å². The molecule has 0 saturated carbocycles. The van der Waals surface area contributed by atoms with Crippen LogP contribution < -0.4 is 5.32 Å². The number of amides is 2. The van der Waals surface area contributed by atoms with Crippen molar-refractivity contribution in [2.75, 3.05) is 0 Å². The van der Waals surface area contributed by atoms with Gasteiger partial charge >= 0.3 is 0 Å². The van der Waals surface area contributed by atoms with Gasteiger partial charge in [-0.05, 0) is 76.5 Å². The Morgan fingerprint density at radius 3 is 1.78 bits per heavy atom. The largest absolute Gasteiger partial charge is 0.307 e. The Labute approximate surface area is 198 Å². The van der Waals surface area contributed by atoms with Gasteiger partial charge in [-0.15, -0.1) is 0 Å². The summed E-state index contributed by atoms with van der Waals surface area (Å²) in [6.07, 6.45) is 6.50. The first-order valence-electron chi connectivity index (χ1n) is 13.3. The molecule has 0 radical (unpaired) electrons. The predicted molar refractivity (Wildman–Crippen MR) is 134 cm³/mol. The first-order chi connectivity index (χ1) is 14.6. The Bertz CT molecular complexity index is 672. The average Bonchev–Trinajstić information content (AvgIpc) is 2.94. The van der Waals surface area contributed by atoms with Gasteiger partial charge < -0.3 is 5.32 Å². The Morgan fingerprint density at radius 1 is 0.906 bits per heavy atom. The lowest BCUT2D eigenvalue weighted by atomic mass is 9.63. The summed E-state index contributed by atoms with van der Waals surface area (Å²) in [7, 11) is 0. The number of imide groups is 1. The lowest BCUT2D eigenvalue weighted by Gasteiger charge is -2.48. The van der Waals surface area contributed by atoms with Crippen molar-refractivity contribution in [1.29, 1.82) is 0 Å². The van der Waals surface area contributed by atoms with Crippen molar-refractivity contribution >= 4 is 11.8 Å². The van der Waals surface area contributed by atoms with E-state index in [-0.39, 0.29) is 51.6 Å². The summed E-state index contributed by atoms with van der Waals surface area (Å²) in [4.78, 5) is 29.9. The molecule has 0 aromatic heterocycles. The summed E-state index contributed by atoms with van der Waals surface area (Å²) in [5, 5.41) is 3.71. The molecule has 0 bridgehead atoms. The molecule has 2 amide bonds. The Morgan fingerprint density at radius 2 is 1.38 bits per heavy atom. The van der Waals surface area contributed by atoms with E-state index in [4.69, 9.17) is 0 Å². The summed E-state index contributed by atoms with van der Waals surface area (Å²) < 4.78 is 0. The average molecular weight is 449 g/mol. The Hall–Kier alpha value is -0.900. The van der Waals surface area contributed by atoms with Gasteiger partial charge in [0.15, 0.2) is 0 Å². The minimum Gasteiger partial charge on any atom is -0.307 e. The van der Waals surface area contributed by atoms with Crippen LogP contribution in [0.25, 0.3) is 0 Å². The van der Waals surface area contributed by atoms with Crippen molar-refractivity contribution in [2.45, 2.75) is 138 Å². The van der Waals surface area contributed by atoms with Crippen LogP contribution >= 0.6 is 0 Å². The fraction of sp³-hybridized carbons (Fsp3) is 0.929. The van der Waals surface area contributed by atoms with Crippen LogP contribution in [0.1, 0.15) is 121 Å². The Kier molecular flexibility index (Phi) is 8.02. The van der Waals surface area contributed by atoms with E-state index in [1.54, 1.807) is 4.90 Å². The highest BCUT2D eigenvalue weighted by Crippen LogP contribution is 2.50. The number of nitrogens with one attached hydrogen (secondary N) is 1. The highest BCUT2D eigenvalue weighted by atomic mass is 16.2. The van der Waals surface area contributed by atoms with Crippen LogP contribution in [0.3, 0.4) is 0 Å². The zero-order valence-corrected chi connectivity index (χ0v) is 23.0. The molecule has 0 aromatic carbocycles. The normalized spacial score (nSPS) is 27.8. The van der Waals surface area contributed by atoms with E-state index in [2.05, 4.69) is 81.5 Å². The number of piperidine rings is 1. The van der Waals surface area contributed by atoms with Crippen molar-refractivity contribution in [1.82, 2.24) is 10.2 Å². The van der Waals surface area contributed by atoms with Crippen molar-refractivity contribution < 1.29 is 9.59 Å². The standard InChI is InChI=1S/C28H52N2O2/c1-12-27(10,13-2)19(5)16-21-22(28(11,14-3)15-4)24(32)30(23(21)31)20-17-25(6,7)29-26(8,9)18-20/h19-22,29H,12-18H2,1-11H3. The van der Waals surface area contributed by atoms with Crippen molar-refractivity contribution in [3.05, 3.63) is 0 Å². The van der Waals surface area contributed by atoms with Gasteiger partial charge in [-0.2, -0.15) is 0 Å². The first kappa shape index (κ1) is 27.3. The lowest BCUT2D eigenvalue weighted by molar-refractivity contribution is -0.145. The molecule has 2 fully saturated rings. The van der Waals surface area contributed by atoms with E-state index in [9.17, 15) is 9.59 Å². The first-order valence-corrected chi connectivity index (χ1v) is 13.3. The highest BCUT2D eigenvalue weighted by molar-refractivity contribution is 6.05. The van der Waals surface area contributed by atoms with E-state index in [0.29, 0.717) is 5.92 Å². The second-order valence-electron chi connectivity index (χ2n) is 12.9. The summed E-state index contributed by atoms with van der Waals surface area (Å²) in [5.41, 5.74) is -0.140. The van der Waals surface area contributed by atoms with E-state index >= 15 is 0 Å². The van der Waals surface area contributed by atoms with E-state index < -0.39 is 0 Å². The van der Waals surface area contributed by atoms with Crippen LogP contribution in [0.4, 0.5) is 0 Å². The summed E-state index contributed by atoms with van der Waals surface area (Å²) in [5.74, 6) is 0.215. The summed E-state index contributed by atoms with van der Waals surface area (Å²) >= 11 is 0. The number of hydrogen-bond donors (Lipinski definition) is 1. The summed E-state index contributed by atoms with van der Waals surface area (Å²) in [6.45, 7) is 24.5. The third-order valence-electron chi connectivity index (χ3n) is 9.77. The number of hydrogen-bond acceptors (Lipinski definition) is 3. The number of carbonyl (C=O) groups excluding carboxylic acids is 2. The lowest BCUT2D eigenvalue weighted by Crippen LogP contribution is -2.63. The molecular weight excluding hydrogens is 396 g/mol. The van der Waals surface area contributed by atoms with Crippen LogP contribution in [0.5, 0.6) is 0 Å². The molecule has 186 valence electrons. The minimum absolute atomic E-state index is 0.0225. The molecule has 2 saturated heterocycles. The molecule has 2 aliphatic heterocycles. The molecule has 2 aliphatic rings. The molecule has 0 aromatic rings. The third-order valence-corrected chi connectivity index (χ3v) is 9.77. The van der Waals surface area contributed by atoms with Gasteiger partial charge in [0.2, 0.25) is 11.8 Å². The van der Waals surface area contributed by atoms with E-state index in [1.165, 1.54) is 0 Å². The van der Waals surface area contributed by atoms with Gasteiger partial charge in [-0.3, -0.25) is 14.5 Å². The number of nitrogens with zero attached hydrogens (tertiary/aromatic N) is 1. The van der Waals surface area contributed by atoms with Crippen LogP contribution in [-0.4, -0.2) is 33.8 Å². The van der Waals surface area contributed by atoms with Crippen LogP contribution in [0, 0.1) is 28.6 Å². The van der Waals surface area contributed by atoms with Crippen LogP contribution in [0.15, 0.2) is 0 Å². The smallest absolute Gasteiger partial charge is 0.233 e. The topological polar surface area (TPSA) is 49.4 Å². The molecular formula is C28H52N2O2. The molecule has 1 N–H and O–H groups in total. The quantitative estimate of drug-likeness (QED) is 0.406. The maximum atomic E-state index is 14.1. The van der Waals surface area contributed by atoms with Crippen LogP contribution in [-0.2, 0) is 9.59 Å². The molecule has 2 rings (SSSR count). The maximum Gasteiger partial charge on any atom is 0.233 e. The fourth-order valence-electron chi connectivity index (χ4n) is 6.89. The fourth-order valence-corrected chi connectivity index (χ4v) is 6.89. The molecule has 4 nitrogen and oxygen atoms in total. The Balaban J connectivity index is 2.47. The van der Waals surface area contributed by atoms with Gasteiger partial charge in [-0.1, -0.05) is 61.3 Å². The van der Waals surface area contributed by atoms with Crippen LogP contribution in [0.2, 0.25) is 0 Å². The molecule has 4 heteroatoms. The molecule has 32 heavy (non-hydrogen) atoms. The number of carbonyl (C=O) groups is 2. The van der Waals surface area contributed by atoms with Crippen molar-refractivity contribution in [2.24, 2.45) is 28.6 Å². The zero-order valence-electron chi connectivity index (χ0n) is 23.0.